The van der Waals surface area contributed by atoms with Crippen molar-refractivity contribution in [2.75, 3.05) is 13.2 Å². The second-order valence-electron chi connectivity index (χ2n) is 5.04. The van der Waals surface area contributed by atoms with Gasteiger partial charge < -0.3 is 10.5 Å². The van der Waals surface area contributed by atoms with Crippen LogP contribution in [-0.2, 0) is 16.7 Å². The van der Waals surface area contributed by atoms with E-state index in [1.54, 1.807) is 11.3 Å². The average Bonchev–Trinajstić information content (AvgIpc) is 2.95. The van der Waals surface area contributed by atoms with Crippen LogP contribution in [0.25, 0.3) is 0 Å². The van der Waals surface area contributed by atoms with Crippen molar-refractivity contribution in [2.45, 2.75) is 37.6 Å². The lowest BCUT2D eigenvalue weighted by atomic mass is 9.88. The number of hydrogen-bond donors (Lipinski definition) is 1. The van der Waals surface area contributed by atoms with Crippen LogP contribution in [0, 0.1) is 5.92 Å². The second-order valence-corrected chi connectivity index (χ2v) is 5.99. The molecule has 2 fully saturated rings. The van der Waals surface area contributed by atoms with E-state index in [0.29, 0.717) is 0 Å². The topological polar surface area (TPSA) is 48.1 Å². The lowest BCUT2D eigenvalue weighted by molar-refractivity contribution is 0.0509. The highest BCUT2D eigenvalue weighted by Crippen LogP contribution is 2.35. The van der Waals surface area contributed by atoms with Gasteiger partial charge in [-0.15, -0.1) is 11.3 Å². The molecule has 1 aliphatic carbocycles. The van der Waals surface area contributed by atoms with Gasteiger partial charge in [0, 0.05) is 25.0 Å². The maximum absolute atomic E-state index is 6.40. The molecule has 1 aliphatic heterocycles. The van der Waals surface area contributed by atoms with Crippen LogP contribution in [0.5, 0.6) is 0 Å². The Balaban J connectivity index is 1.74. The second kappa shape index (κ2) is 4.09. The van der Waals surface area contributed by atoms with Crippen molar-refractivity contribution >= 4 is 11.3 Å². The number of thiazole rings is 1. The normalized spacial score (nSPS) is 24.6. The number of aromatic nitrogens is 1. The molecule has 4 heteroatoms. The quantitative estimate of drug-likeness (QED) is 0.877. The minimum Gasteiger partial charge on any atom is -0.381 e. The van der Waals surface area contributed by atoms with Crippen molar-refractivity contribution in [1.29, 1.82) is 0 Å². The van der Waals surface area contributed by atoms with E-state index in [1.165, 1.54) is 17.8 Å². The van der Waals surface area contributed by atoms with Gasteiger partial charge in [0.25, 0.3) is 0 Å². The van der Waals surface area contributed by atoms with E-state index in [2.05, 4.69) is 5.38 Å². The molecule has 0 aromatic carbocycles. The molecule has 0 atom stereocenters. The third kappa shape index (κ3) is 2.14. The first-order valence-corrected chi connectivity index (χ1v) is 6.96. The Labute approximate surface area is 100 Å². The van der Waals surface area contributed by atoms with Crippen LogP contribution in [0.2, 0.25) is 0 Å². The summed E-state index contributed by atoms with van der Waals surface area (Å²) in [5, 5.41) is 3.43. The molecule has 1 saturated carbocycles. The first kappa shape index (κ1) is 10.7. The van der Waals surface area contributed by atoms with Crippen molar-refractivity contribution in [1.82, 2.24) is 4.98 Å². The Morgan fingerprint density at radius 2 is 2.19 bits per heavy atom. The molecule has 1 aromatic heterocycles. The first-order valence-electron chi connectivity index (χ1n) is 6.08. The molecule has 0 unspecified atom stereocenters. The summed E-state index contributed by atoms with van der Waals surface area (Å²) in [6.45, 7) is 1.54. The lowest BCUT2D eigenvalue weighted by Crippen LogP contribution is -2.42. The molecule has 0 radical (unpaired) electrons. The fraction of sp³-hybridized carbons (Fsp3) is 0.750. The molecule has 88 valence electrons. The smallest absolute Gasteiger partial charge is 0.0931 e. The summed E-state index contributed by atoms with van der Waals surface area (Å²) in [5.74, 6) is 0.905. The fourth-order valence-electron chi connectivity index (χ4n) is 2.19. The Morgan fingerprint density at radius 3 is 2.88 bits per heavy atom. The summed E-state index contributed by atoms with van der Waals surface area (Å²) in [6, 6.07) is 0. The summed E-state index contributed by atoms with van der Waals surface area (Å²) in [5.41, 5.74) is 7.27. The Hall–Kier alpha value is -0.450. The predicted molar refractivity (Wildman–Crippen MR) is 64.5 cm³/mol. The van der Waals surface area contributed by atoms with Crippen LogP contribution in [0.3, 0.4) is 0 Å². The Kier molecular flexibility index (Phi) is 2.73. The number of nitrogens with two attached hydrogens (primary N) is 1. The maximum atomic E-state index is 6.40. The number of rotatable bonds is 3. The molecule has 2 N–H and O–H groups in total. The monoisotopic (exact) mass is 238 g/mol. The summed E-state index contributed by atoms with van der Waals surface area (Å²) >= 11 is 1.78. The van der Waals surface area contributed by atoms with E-state index < -0.39 is 0 Å². The van der Waals surface area contributed by atoms with Crippen molar-refractivity contribution in [3.05, 3.63) is 16.1 Å². The zero-order valence-electron chi connectivity index (χ0n) is 9.45. The molecule has 0 amide bonds. The molecule has 1 aromatic rings. The summed E-state index contributed by atoms with van der Waals surface area (Å²) in [4.78, 5) is 4.72. The van der Waals surface area contributed by atoms with Gasteiger partial charge in [-0.1, -0.05) is 0 Å². The number of hydrogen-bond acceptors (Lipinski definition) is 4. The predicted octanol–water partition coefficient (Wildman–Crippen LogP) is 2.06. The summed E-state index contributed by atoms with van der Waals surface area (Å²) in [6.07, 6.45) is 5.74. The van der Waals surface area contributed by atoms with E-state index in [9.17, 15) is 0 Å². The van der Waals surface area contributed by atoms with Crippen molar-refractivity contribution in [2.24, 2.45) is 11.7 Å². The van der Waals surface area contributed by atoms with Gasteiger partial charge in [0.2, 0.25) is 0 Å². The Morgan fingerprint density at radius 1 is 1.44 bits per heavy atom. The van der Waals surface area contributed by atoms with Crippen LogP contribution < -0.4 is 5.73 Å². The highest BCUT2D eigenvalue weighted by Gasteiger charge is 2.33. The number of nitrogens with zero attached hydrogens (tertiary/aromatic N) is 1. The molecule has 3 nitrogen and oxygen atoms in total. The molecule has 1 saturated heterocycles. The van der Waals surface area contributed by atoms with Gasteiger partial charge in [0.05, 0.1) is 16.2 Å². The minimum absolute atomic E-state index is 0.226. The molecular formula is C12H18N2OS. The average molecular weight is 238 g/mol. The van der Waals surface area contributed by atoms with Crippen LogP contribution in [0.15, 0.2) is 5.38 Å². The van der Waals surface area contributed by atoms with Crippen LogP contribution in [0.4, 0.5) is 0 Å². The molecule has 2 heterocycles. The van der Waals surface area contributed by atoms with Gasteiger partial charge in [0.1, 0.15) is 0 Å². The summed E-state index contributed by atoms with van der Waals surface area (Å²) in [7, 11) is 0. The standard InChI is InChI=1S/C12H18N2OS/c13-12(3-5-15-6-4-12)10-8-16-11(14-10)7-9-1-2-9/h8-9H,1-7,13H2. The molecule has 0 spiro atoms. The molecular weight excluding hydrogens is 220 g/mol. The maximum Gasteiger partial charge on any atom is 0.0931 e. The molecule has 0 bridgehead atoms. The summed E-state index contributed by atoms with van der Waals surface area (Å²) < 4.78 is 5.36. The highest BCUT2D eigenvalue weighted by atomic mass is 32.1. The van der Waals surface area contributed by atoms with Gasteiger partial charge in [-0.05, 0) is 31.6 Å². The van der Waals surface area contributed by atoms with E-state index in [0.717, 1.165) is 44.1 Å². The van der Waals surface area contributed by atoms with Gasteiger partial charge in [0.15, 0.2) is 0 Å². The van der Waals surface area contributed by atoms with Gasteiger partial charge >= 0.3 is 0 Å². The molecule has 2 aliphatic rings. The van der Waals surface area contributed by atoms with Crippen LogP contribution >= 0.6 is 11.3 Å². The third-order valence-corrected chi connectivity index (χ3v) is 4.48. The van der Waals surface area contributed by atoms with Gasteiger partial charge in [-0.2, -0.15) is 0 Å². The Bertz CT molecular complexity index is 367. The van der Waals surface area contributed by atoms with Crippen molar-refractivity contribution < 1.29 is 4.74 Å². The van der Waals surface area contributed by atoms with E-state index in [-0.39, 0.29) is 5.54 Å². The van der Waals surface area contributed by atoms with Gasteiger partial charge in [-0.3, -0.25) is 0 Å². The zero-order valence-corrected chi connectivity index (χ0v) is 10.3. The largest absolute Gasteiger partial charge is 0.381 e. The van der Waals surface area contributed by atoms with Crippen molar-refractivity contribution in [3.8, 4) is 0 Å². The van der Waals surface area contributed by atoms with E-state index in [1.807, 2.05) is 0 Å². The SMILES string of the molecule is NC1(c2csc(CC3CC3)n2)CCOCC1. The molecule has 3 rings (SSSR count). The zero-order chi connectivity index (χ0) is 11.0. The van der Waals surface area contributed by atoms with Crippen LogP contribution in [-0.4, -0.2) is 18.2 Å². The lowest BCUT2D eigenvalue weighted by Gasteiger charge is -2.31. The highest BCUT2D eigenvalue weighted by molar-refractivity contribution is 7.09. The van der Waals surface area contributed by atoms with Crippen LogP contribution in [0.1, 0.15) is 36.4 Å². The third-order valence-electron chi connectivity index (χ3n) is 3.61. The first-order chi connectivity index (χ1) is 7.76. The molecule has 16 heavy (non-hydrogen) atoms. The van der Waals surface area contributed by atoms with E-state index in [4.69, 9.17) is 15.5 Å². The van der Waals surface area contributed by atoms with Gasteiger partial charge in [-0.25, -0.2) is 4.98 Å². The fourth-order valence-corrected chi connectivity index (χ4v) is 3.21. The van der Waals surface area contributed by atoms with Crippen molar-refractivity contribution in [3.63, 3.8) is 0 Å². The minimum atomic E-state index is -0.226. The van der Waals surface area contributed by atoms with E-state index >= 15 is 0 Å². The number of ether oxygens (including phenoxy) is 1.